The second kappa shape index (κ2) is 12.9. The number of benzene rings is 2. The number of carbonyl (C=O) groups excluding carboxylic acids is 2. The normalized spacial score (nSPS) is 11.6. The molecule has 5 rings (SSSR count). The van der Waals surface area contributed by atoms with E-state index in [0.29, 0.717) is 16.4 Å². The van der Waals surface area contributed by atoms with E-state index in [0.717, 1.165) is 10.7 Å². The van der Waals surface area contributed by atoms with Gasteiger partial charge in [0, 0.05) is 35.3 Å². The number of carbonyl (C=O) groups is 2. The average Bonchev–Trinajstić information content (AvgIpc) is 3.65. The van der Waals surface area contributed by atoms with Crippen molar-refractivity contribution in [3.8, 4) is 5.82 Å². The van der Waals surface area contributed by atoms with Crippen LogP contribution in [0.25, 0.3) is 5.82 Å². The van der Waals surface area contributed by atoms with E-state index in [4.69, 9.17) is 23.2 Å². The molecule has 0 aliphatic rings. The molecule has 5 aromatic rings. The van der Waals surface area contributed by atoms with Crippen molar-refractivity contribution in [1.29, 1.82) is 0 Å². The molecule has 238 valence electrons. The van der Waals surface area contributed by atoms with Crippen LogP contribution in [-0.2, 0) is 25.7 Å². The number of hydrogen-bond acceptors (Lipinski definition) is 7. The van der Waals surface area contributed by atoms with Crippen molar-refractivity contribution >= 4 is 34.9 Å². The molecular weight excluding hydrogens is 665 g/mol. The lowest BCUT2D eigenvalue weighted by molar-refractivity contribution is -0.145. The first-order chi connectivity index (χ1) is 21.7. The summed E-state index contributed by atoms with van der Waals surface area (Å²) in [4.78, 5) is 31.8. The van der Waals surface area contributed by atoms with E-state index >= 15 is 0 Å². The Bertz CT molecular complexity index is 1980. The maximum Gasteiger partial charge on any atom is 0.455 e. The molecular formula is C28H18Cl2F6N8O2. The average molecular weight is 683 g/mol. The van der Waals surface area contributed by atoms with Crippen molar-refractivity contribution in [3.63, 3.8) is 0 Å². The Morgan fingerprint density at radius 3 is 2.46 bits per heavy atom. The number of hydrogen-bond donors (Lipinski definition) is 1. The quantitative estimate of drug-likeness (QED) is 0.120. The van der Waals surface area contributed by atoms with Gasteiger partial charge >= 0.3 is 6.18 Å². The van der Waals surface area contributed by atoms with E-state index in [9.17, 15) is 35.9 Å². The molecule has 0 spiro atoms. The summed E-state index contributed by atoms with van der Waals surface area (Å²) in [5.74, 6) is -7.40. The molecule has 0 fully saturated rings. The predicted octanol–water partition coefficient (Wildman–Crippen LogP) is 5.71. The second-order valence-corrected chi connectivity index (χ2v) is 10.6. The first-order valence-electron chi connectivity index (χ1n) is 13.0. The smallest absolute Gasteiger partial charge is 0.348 e. The number of aryl methyl sites for hydroxylation is 1. The monoisotopic (exact) mass is 682 g/mol. The van der Waals surface area contributed by atoms with E-state index in [2.05, 4.69) is 30.8 Å². The molecule has 3 heterocycles. The Morgan fingerprint density at radius 2 is 1.76 bits per heavy atom. The van der Waals surface area contributed by atoms with Gasteiger partial charge in [-0.25, -0.2) is 22.8 Å². The van der Waals surface area contributed by atoms with Crippen molar-refractivity contribution in [1.82, 2.24) is 40.3 Å². The topological polar surface area (TPSA) is 120 Å². The van der Waals surface area contributed by atoms with E-state index in [1.165, 1.54) is 36.5 Å². The van der Waals surface area contributed by atoms with Crippen molar-refractivity contribution in [3.05, 3.63) is 116 Å². The molecule has 46 heavy (non-hydrogen) atoms. The number of halogens is 8. The fourth-order valence-corrected chi connectivity index (χ4v) is 4.88. The Balaban J connectivity index is 1.47. The fraction of sp³-hybridized carbons (Fsp3) is 0.179. The third-order valence-corrected chi connectivity index (χ3v) is 7.08. The van der Waals surface area contributed by atoms with E-state index in [1.807, 2.05) is 0 Å². The van der Waals surface area contributed by atoms with Crippen molar-refractivity contribution < 1.29 is 35.9 Å². The Kier molecular flexibility index (Phi) is 9.12. The van der Waals surface area contributed by atoms with Crippen LogP contribution >= 0.6 is 23.2 Å². The van der Waals surface area contributed by atoms with Gasteiger partial charge in [-0.15, -0.1) is 10.2 Å². The van der Waals surface area contributed by atoms with Gasteiger partial charge in [-0.1, -0.05) is 29.3 Å². The van der Waals surface area contributed by atoms with Gasteiger partial charge in [-0.3, -0.25) is 9.59 Å². The molecule has 2 aromatic carbocycles. The Morgan fingerprint density at radius 1 is 1.00 bits per heavy atom. The zero-order valence-electron chi connectivity index (χ0n) is 23.2. The van der Waals surface area contributed by atoms with Crippen molar-refractivity contribution in [2.45, 2.75) is 32.6 Å². The summed E-state index contributed by atoms with van der Waals surface area (Å²) < 4.78 is 81.2. The molecule has 0 aliphatic heterocycles. The van der Waals surface area contributed by atoms with Crippen LogP contribution in [0.2, 0.25) is 10.0 Å². The number of aromatic nitrogens is 7. The summed E-state index contributed by atoms with van der Waals surface area (Å²) in [5.41, 5.74) is 0.212. The van der Waals surface area contributed by atoms with Crippen LogP contribution in [0.1, 0.15) is 49.1 Å². The van der Waals surface area contributed by atoms with Crippen LogP contribution in [0.4, 0.5) is 26.3 Å². The molecule has 0 saturated carbocycles. The first-order valence-corrected chi connectivity index (χ1v) is 13.8. The van der Waals surface area contributed by atoms with Crippen LogP contribution in [0, 0.1) is 24.4 Å². The SMILES string of the molecule is Cc1cc(Cl)cc(C(=O)NCc2ccc(F)c(F)c2F)c1CC(=O)c1cc(Cn2nnc(C(F)(F)F)n2)nn1-c1ncccc1Cl. The van der Waals surface area contributed by atoms with Crippen molar-refractivity contribution in [2.75, 3.05) is 0 Å². The Labute approximate surface area is 264 Å². The molecule has 10 nitrogen and oxygen atoms in total. The molecule has 0 aliphatic carbocycles. The van der Waals surface area contributed by atoms with Crippen LogP contribution in [0.5, 0.6) is 0 Å². The maximum atomic E-state index is 14.2. The minimum atomic E-state index is -4.83. The molecule has 0 saturated heterocycles. The summed E-state index contributed by atoms with van der Waals surface area (Å²) in [6, 6.07) is 8.76. The predicted molar refractivity (Wildman–Crippen MR) is 150 cm³/mol. The molecule has 0 atom stereocenters. The summed E-state index contributed by atoms with van der Waals surface area (Å²) in [6.45, 7) is 0.670. The van der Waals surface area contributed by atoms with Gasteiger partial charge in [-0.05, 0) is 59.7 Å². The third kappa shape index (κ3) is 6.87. The van der Waals surface area contributed by atoms with Crippen LogP contribution in [0.3, 0.4) is 0 Å². The molecule has 18 heteroatoms. The highest BCUT2D eigenvalue weighted by atomic mass is 35.5. The van der Waals surface area contributed by atoms with E-state index < -0.39 is 60.7 Å². The number of rotatable bonds is 9. The second-order valence-electron chi connectivity index (χ2n) is 9.75. The number of nitrogens with one attached hydrogen (secondary N) is 1. The number of ketones is 1. The number of pyridine rings is 1. The number of amides is 1. The van der Waals surface area contributed by atoms with Crippen molar-refractivity contribution in [2.24, 2.45) is 0 Å². The fourth-order valence-electron chi connectivity index (χ4n) is 4.40. The van der Waals surface area contributed by atoms with E-state index in [-0.39, 0.29) is 43.9 Å². The zero-order valence-corrected chi connectivity index (χ0v) is 24.7. The molecule has 0 bridgehead atoms. The Hall–Kier alpha value is -4.83. The first kappa shape index (κ1) is 32.6. The van der Waals surface area contributed by atoms with Gasteiger partial charge in [0.2, 0.25) is 0 Å². The van der Waals surface area contributed by atoms with Gasteiger partial charge in [0.25, 0.3) is 11.7 Å². The highest BCUT2D eigenvalue weighted by Crippen LogP contribution is 2.27. The molecule has 0 radical (unpaired) electrons. The molecule has 1 amide bonds. The molecule has 3 aromatic heterocycles. The number of nitrogens with zero attached hydrogens (tertiary/aromatic N) is 7. The van der Waals surface area contributed by atoms with Crippen LogP contribution in [-0.4, -0.2) is 46.7 Å². The lowest BCUT2D eigenvalue weighted by Gasteiger charge is -2.14. The molecule has 1 N–H and O–H groups in total. The van der Waals surface area contributed by atoms with E-state index in [1.54, 1.807) is 6.92 Å². The van der Waals surface area contributed by atoms with Gasteiger partial charge in [-0.2, -0.15) is 23.1 Å². The zero-order chi connectivity index (χ0) is 33.3. The summed E-state index contributed by atoms with van der Waals surface area (Å²) in [7, 11) is 0. The third-order valence-electron chi connectivity index (χ3n) is 6.57. The minimum Gasteiger partial charge on any atom is -0.348 e. The summed E-state index contributed by atoms with van der Waals surface area (Å²) >= 11 is 12.5. The standard InChI is InChI=1S/C28H18Cl2F6N8O2/c1-13-7-15(29)8-18(26(46)38-11-14-4-5-20(31)24(33)23(14)32)17(13)10-22(45)21-9-16(12-43-41-27(39-42-43)28(34,35)36)40-44(21)25-19(30)3-2-6-37-25/h2-9H,10-12H2,1H3,(H,38,46). The van der Waals surface area contributed by atoms with Gasteiger partial charge in [0.15, 0.2) is 29.1 Å². The maximum absolute atomic E-state index is 14.2. The molecule has 0 unspecified atom stereocenters. The lowest BCUT2D eigenvalue weighted by atomic mass is 9.95. The highest BCUT2D eigenvalue weighted by molar-refractivity contribution is 6.32. The number of tetrazole rings is 1. The van der Waals surface area contributed by atoms with Gasteiger partial charge < -0.3 is 5.32 Å². The van der Waals surface area contributed by atoms with Gasteiger partial charge in [0.1, 0.15) is 12.2 Å². The number of alkyl halides is 3. The van der Waals surface area contributed by atoms with Crippen LogP contribution < -0.4 is 5.32 Å². The highest BCUT2D eigenvalue weighted by Gasteiger charge is 2.37. The van der Waals surface area contributed by atoms with Crippen LogP contribution in [0.15, 0.2) is 48.7 Å². The summed E-state index contributed by atoms with van der Waals surface area (Å²) in [5, 5.41) is 16.6. The largest absolute Gasteiger partial charge is 0.455 e. The van der Waals surface area contributed by atoms with Gasteiger partial charge in [0.05, 0.1) is 10.7 Å². The minimum absolute atomic E-state index is 0.0284. The number of Topliss-reactive ketones (excluding diaryl/α,β-unsaturated/α-hetero) is 1. The summed E-state index contributed by atoms with van der Waals surface area (Å²) in [6.07, 6.45) is -3.86. The lowest BCUT2D eigenvalue weighted by Crippen LogP contribution is -2.26.